The van der Waals surface area contributed by atoms with Gasteiger partial charge in [0.1, 0.15) is 5.82 Å². The molecule has 2 aromatic rings. The first-order chi connectivity index (χ1) is 17.9. The molecule has 1 saturated carbocycles. The number of nitrogens with zero attached hydrogens (tertiary/aromatic N) is 2. The van der Waals surface area contributed by atoms with Gasteiger partial charge in [0, 0.05) is 47.8 Å². The Bertz CT molecular complexity index is 1070. The molecule has 37 heavy (non-hydrogen) atoms. The average molecular weight is 548 g/mol. The topological polar surface area (TPSA) is 83.6 Å². The van der Waals surface area contributed by atoms with Crippen molar-refractivity contribution < 1.29 is 14.3 Å². The maximum absolute atomic E-state index is 12.1. The van der Waals surface area contributed by atoms with Crippen molar-refractivity contribution in [3.63, 3.8) is 0 Å². The SMILES string of the molecule is COC(=O)CCNC(=O)C1CC2(C1)CN(CCCc1ccc3c(n1)NCCC3)C2.Clc1cccc(Cl)c1. The lowest BCUT2D eigenvalue weighted by Crippen LogP contribution is -2.64. The summed E-state index contributed by atoms with van der Waals surface area (Å²) in [6, 6.07) is 11.5. The fourth-order valence-electron chi connectivity index (χ4n) is 5.48. The minimum atomic E-state index is -0.285. The number of nitrogens with one attached hydrogen (secondary N) is 2. The Hall–Kier alpha value is -2.35. The number of ether oxygens (including phenoxy) is 1. The molecule has 0 bridgehead atoms. The molecule has 9 heteroatoms. The van der Waals surface area contributed by atoms with Gasteiger partial charge in [-0.25, -0.2) is 4.98 Å². The number of aromatic nitrogens is 1. The van der Waals surface area contributed by atoms with Crippen molar-refractivity contribution in [3.8, 4) is 0 Å². The lowest BCUT2D eigenvalue weighted by atomic mass is 9.57. The van der Waals surface area contributed by atoms with E-state index in [1.165, 1.54) is 24.8 Å². The van der Waals surface area contributed by atoms with E-state index >= 15 is 0 Å². The van der Waals surface area contributed by atoms with E-state index in [1.54, 1.807) is 18.2 Å². The van der Waals surface area contributed by atoms with Crippen LogP contribution in [0.5, 0.6) is 0 Å². The van der Waals surface area contributed by atoms with Gasteiger partial charge in [0.15, 0.2) is 0 Å². The molecule has 3 aliphatic rings. The van der Waals surface area contributed by atoms with E-state index in [0.717, 1.165) is 64.1 Å². The molecule has 1 aromatic carbocycles. The largest absolute Gasteiger partial charge is 0.469 e. The number of rotatable bonds is 8. The monoisotopic (exact) mass is 546 g/mol. The first-order valence-corrected chi connectivity index (χ1v) is 13.8. The highest BCUT2D eigenvalue weighted by molar-refractivity contribution is 6.34. The summed E-state index contributed by atoms with van der Waals surface area (Å²) in [7, 11) is 1.36. The number of hydrogen-bond donors (Lipinski definition) is 2. The number of carbonyl (C=O) groups is 2. The van der Waals surface area contributed by atoms with Gasteiger partial charge >= 0.3 is 5.97 Å². The van der Waals surface area contributed by atoms with Crippen LogP contribution in [0.1, 0.15) is 43.4 Å². The number of methoxy groups -OCH3 is 1. The summed E-state index contributed by atoms with van der Waals surface area (Å²) >= 11 is 11.1. The molecule has 7 nitrogen and oxygen atoms in total. The van der Waals surface area contributed by atoms with E-state index in [-0.39, 0.29) is 24.2 Å². The molecular formula is C28H36Cl2N4O3. The van der Waals surface area contributed by atoms with Crippen LogP contribution in [-0.4, -0.2) is 61.6 Å². The molecule has 1 aromatic heterocycles. The number of pyridine rings is 1. The van der Waals surface area contributed by atoms with Crippen molar-refractivity contribution in [1.29, 1.82) is 0 Å². The number of amides is 1. The minimum Gasteiger partial charge on any atom is -0.469 e. The highest BCUT2D eigenvalue weighted by Gasteiger charge is 2.53. The van der Waals surface area contributed by atoms with Crippen molar-refractivity contribution in [3.05, 3.63) is 57.7 Å². The molecule has 0 atom stereocenters. The van der Waals surface area contributed by atoms with Crippen LogP contribution in [0.25, 0.3) is 0 Å². The number of fused-ring (bicyclic) bond motifs is 1. The normalized spacial score (nSPS) is 17.8. The molecule has 1 amide bonds. The summed E-state index contributed by atoms with van der Waals surface area (Å²) in [5, 5.41) is 7.62. The van der Waals surface area contributed by atoms with Gasteiger partial charge in [-0.05, 0) is 80.3 Å². The van der Waals surface area contributed by atoms with Gasteiger partial charge in [0.25, 0.3) is 0 Å². The molecule has 1 spiro atoms. The number of carbonyl (C=O) groups excluding carboxylic acids is 2. The summed E-state index contributed by atoms with van der Waals surface area (Å²) in [6.07, 6.45) is 6.67. The molecule has 0 unspecified atom stereocenters. The summed E-state index contributed by atoms with van der Waals surface area (Å²) in [4.78, 5) is 30.5. The number of hydrogen-bond acceptors (Lipinski definition) is 6. The Morgan fingerprint density at radius 2 is 1.95 bits per heavy atom. The Morgan fingerprint density at radius 3 is 2.62 bits per heavy atom. The van der Waals surface area contributed by atoms with E-state index in [1.807, 2.05) is 6.07 Å². The highest BCUT2D eigenvalue weighted by Crippen LogP contribution is 2.51. The van der Waals surface area contributed by atoms with E-state index in [2.05, 4.69) is 32.4 Å². The molecule has 2 aliphatic heterocycles. The second kappa shape index (κ2) is 12.9. The first-order valence-electron chi connectivity index (χ1n) is 13.1. The molecule has 0 radical (unpaired) electrons. The second-order valence-electron chi connectivity index (χ2n) is 10.3. The molecule has 200 valence electrons. The Labute approximate surface area is 229 Å². The summed E-state index contributed by atoms with van der Waals surface area (Å²) in [6.45, 7) is 4.72. The smallest absolute Gasteiger partial charge is 0.307 e. The van der Waals surface area contributed by atoms with Crippen molar-refractivity contribution >= 4 is 40.9 Å². The zero-order valence-corrected chi connectivity index (χ0v) is 22.9. The number of benzene rings is 1. The molecular weight excluding hydrogens is 511 g/mol. The van der Waals surface area contributed by atoms with Crippen molar-refractivity contribution in [2.45, 2.75) is 44.9 Å². The van der Waals surface area contributed by atoms with E-state index in [9.17, 15) is 9.59 Å². The Kier molecular flexibility index (Phi) is 9.68. The van der Waals surface area contributed by atoms with Crippen LogP contribution in [0.2, 0.25) is 10.0 Å². The highest BCUT2D eigenvalue weighted by atomic mass is 35.5. The second-order valence-corrected chi connectivity index (χ2v) is 11.2. The number of anilines is 1. The third-order valence-corrected chi connectivity index (χ3v) is 7.82. The van der Waals surface area contributed by atoms with E-state index in [0.29, 0.717) is 22.0 Å². The maximum atomic E-state index is 12.1. The predicted octanol–water partition coefficient (Wildman–Crippen LogP) is 4.76. The van der Waals surface area contributed by atoms with Gasteiger partial charge in [0.2, 0.25) is 5.91 Å². The number of halogens is 2. The standard InChI is InChI=1S/C22H32N4O3.C6H4Cl2/c1-29-19(27)8-10-24-21(28)17-12-22(13-17)14-26(15-22)11-3-5-18-7-6-16-4-2-9-23-20(16)25-18;7-5-2-1-3-6(8)4-5/h6-7,17H,2-5,8-15H2,1H3,(H,23,25)(H,24,28);1-4H. The number of aryl methyl sites for hydroxylation is 2. The molecule has 1 aliphatic carbocycles. The molecule has 1 saturated heterocycles. The fourth-order valence-corrected chi connectivity index (χ4v) is 5.91. The lowest BCUT2D eigenvalue weighted by molar-refractivity contribution is -0.145. The van der Waals surface area contributed by atoms with Crippen LogP contribution in [0, 0.1) is 11.3 Å². The van der Waals surface area contributed by atoms with E-state index in [4.69, 9.17) is 28.2 Å². The van der Waals surface area contributed by atoms with Crippen molar-refractivity contribution in [2.24, 2.45) is 11.3 Å². The molecule has 2 N–H and O–H groups in total. The Balaban J connectivity index is 0.000000342. The van der Waals surface area contributed by atoms with Crippen LogP contribution in [0.3, 0.4) is 0 Å². The van der Waals surface area contributed by atoms with Gasteiger partial charge < -0.3 is 20.3 Å². The Morgan fingerprint density at radius 1 is 1.19 bits per heavy atom. The maximum Gasteiger partial charge on any atom is 0.307 e. The zero-order valence-electron chi connectivity index (χ0n) is 21.4. The van der Waals surface area contributed by atoms with Crippen LogP contribution >= 0.6 is 23.2 Å². The summed E-state index contributed by atoms with van der Waals surface area (Å²) in [5.41, 5.74) is 2.89. The first kappa shape index (κ1) is 27.7. The van der Waals surface area contributed by atoms with Gasteiger partial charge in [-0.1, -0.05) is 35.3 Å². The van der Waals surface area contributed by atoms with Gasteiger partial charge in [-0.15, -0.1) is 0 Å². The number of esters is 1. The lowest BCUT2D eigenvalue weighted by Gasteiger charge is -2.59. The van der Waals surface area contributed by atoms with Crippen molar-refractivity contribution in [2.75, 3.05) is 45.2 Å². The summed E-state index contributed by atoms with van der Waals surface area (Å²) < 4.78 is 4.59. The molecule has 2 fully saturated rings. The van der Waals surface area contributed by atoms with Crippen molar-refractivity contribution in [1.82, 2.24) is 15.2 Å². The van der Waals surface area contributed by atoms with Gasteiger partial charge in [-0.3, -0.25) is 9.59 Å². The minimum absolute atomic E-state index is 0.0880. The van der Waals surface area contributed by atoms with Gasteiger partial charge in [-0.2, -0.15) is 0 Å². The summed E-state index contributed by atoms with van der Waals surface area (Å²) in [5.74, 6) is 1.00. The van der Waals surface area contributed by atoms with E-state index < -0.39 is 0 Å². The van der Waals surface area contributed by atoms with Crippen LogP contribution in [-0.2, 0) is 27.2 Å². The quantitative estimate of drug-likeness (QED) is 0.464. The fraction of sp³-hybridized carbons (Fsp3) is 0.536. The third-order valence-electron chi connectivity index (χ3n) is 7.35. The molecule has 5 rings (SSSR count). The predicted molar refractivity (Wildman–Crippen MR) is 147 cm³/mol. The van der Waals surface area contributed by atoms with Crippen LogP contribution in [0.15, 0.2) is 36.4 Å². The third kappa shape index (κ3) is 7.82. The molecule has 3 heterocycles. The van der Waals surface area contributed by atoms with Crippen LogP contribution in [0.4, 0.5) is 5.82 Å². The van der Waals surface area contributed by atoms with Crippen LogP contribution < -0.4 is 10.6 Å². The number of likely N-dealkylation sites (tertiary alicyclic amines) is 1. The van der Waals surface area contributed by atoms with Gasteiger partial charge in [0.05, 0.1) is 13.5 Å². The zero-order chi connectivity index (χ0) is 26.3. The average Bonchev–Trinajstić information content (AvgIpc) is 2.84.